The van der Waals surface area contributed by atoms with E-state index in [2.05, 4.69) is 24.8 Å². The minimum atomic E-state index is -0.814. The Morgan fingerprint density at radius 3 is 2.33 bits per heavy atom. The lowest BCUT2D eigenvalue weighted by molar-refractivity contribution is -0.144. The minimum Gasteiger partial charge on any atom is -0.493 e. The summed E-state index contributed by atoms with van der Waals surface area (Å²) >= 11 is 0. The standard InChI is InChI=1S/C30H40N2O4/c1-4-6-15-31(16-7-5-2)27(33)20-32-19-25(23-12-13-26-24(18-23)14-17-36-26)28(30(34)35)29(32)22-10-8-21(3)9-11-22/h8-13,18,25,28-29H,4-7,14-17,19-20H2,1-3H3,(H,34,35)/t25-,28-,29+/m0/s1. The van der Waals surface area contributed by atoms with Gasteiger partial charge in [-0.2, -0.15) is 0 Å². The van der Waals surface area contributed by atoms with Gasteiger partial charge < -0.3 is 14.7 Å². The number of carbonyl (C=O) groups excluding carboxylic acids is 1. The number of likely N-dealkylation sites (tertiary alicyclic amines) is 1. The van der Waals surface area contributed by atoms with Gasteiger partial charge in [-0.15, -0.1) is 0 Å². The SMILES string of the molecule is CCCCN(CCCC)C(=O)CN1C[C@@H](c2ccc3c(c2)CCO3)[C@H](C(=O)O)[C@H]1c1ccc(C)cc1. The molecule has 6 heteroatoms. The fourth-order valence-electron chi connectivity index (χ4n) is 5.66. The van der Waals surface area contributed by atoms with Crippen LogP contribution >= 0.6 is 0 Å². The first-order chi connectivity index (χ1) is 17.4. The molecule has 1 amide bonds. The summed E-state index contributed by atoms with van der Waals surface area (Å²) < 4.78 is 5.68. The molecule has 0 unspecified atom stereocenters. The van der Waals surface area contributed by atoms with Gasteiger partial charge in [0.05, 0.1) is 19.1 Å². The maximum atomic E-state index is 13.5. The second-order valence-electron chi connectivity index (χ2n) is 10.3. The number of hydrogen-bond acceptors (Lipinski definition) is 4. The van der Waals surface area contributed by atoms with Gasteiger partial charge >= 0.3 is 5.97 Å². The summed E-state index contributed by atoms with van der Waals surface area (Å²) in [5, 5.41) is 10.5. The van der Waals surface area contributed by atoms with E-state index in [1.54, 1.807) is 0 Å². The van der Waals surface area contributed by atoms with Crippen LogP contribution in [0, 0.1) is 12.8 Å². The van der Waals surface area contributed by atoms with E-state index in [4.69, 9.17) is 4.74 Å². The van der Waals surface area contributed by atoms with Gasteiger partial charge in [-0.25, -0.2) is 0 Å². The molecule has 2 heterocycles. The van der Waals surface area contributed by atoms with Crippen molar-refractivity contribution in [1.82, 2.24) is 9.80 Å². The molecule has 1 N–H and O–H groups in total. The van der Waals surface area contributed by atoms with Gasteiger partial charge in [-0.1, -0.05) is 68.7 Å². The van der Waals surface area contributed by atoms with Gasteiger partial charge in [-0.05, 0) is 42.5 Å². The number of aryl methyl sites for hydroxylation is 1. The Hall–Kier alpha value is -2.86. The fraction of sp³-hybridized carbons (Fsp3) is 0.533. The zero-order valence-corrected chi connectivity index (χ0v) is 21.9. The number of aliphatic carboxylic acids is 1. The Balaban J connectivity index is 1.66. The van der Waals surface area contributed by atoms with Crippen LogP contribution in [0.3, 0.4) is 0 Å². The van der Waals surface area contributed by atoms with Crippen molar-refractivity contribution in [1.29, 1.82) is 0 Å². The third kappa shape index (κ3) is 5.75. The number of fused-ring (bicyclic) bond motifs is 1. The number of amides is 1. The van der Waals surface area contributed by atoms with Gasteiger partial charge in [0, 0.05) is 38.0 Å². The summed E-state index contributed by atoms with van der Waals surface area (Å²) in [6.07, 6.45) is 4.89. The lowest BCUT2D eigenvalue weighted by atomic mass is 9.82. The predicted molar refractivity (Wildman–Crippen MR) is 141 cm³/mol. The van der Waals surface area contributed by atoms with Crippen molar-refractivity contribution >= 4 is 11.9 Å². The monoisotopic (exact) mass is 492 g/mol. The van der Waals surface area contributed by atoms with E-state index in [9.17, 15) is 14.7 Å². The second-order valence-corrected chi connectivity index (χ2v) is 10.3. The lowest BCUT2D eigenvalue weighted by Crippen LogP contribution is -2.42. The van der Waals surface area contributed by atoms with E-state index in [1.165, 1.54) is 0 Å². The summed E-state index contributed by atoms with van der Waals surface area (Å²) in [5.41, 5.74) is 4.25. The van der Waals surface area contributed by atoms with Gasteiger partial charge in [0.1, 0.15) is 5.75 Å². The smallest absolute Gasteiger partial charge is 0.309 e. The molecule has 6 nitrogen and oxygen atoms in total. The number of unbranched alkanes of at least 4 members (excludes halogenated alkanes) is 2. The molecule has 36 heavy (non-hydrogen) atoms. The number of ether oxygens (including phenoxy) is 1. The molecule has 0 radical (unpaired) electrons. The quantitative estimate of drug-likeness (QED) is 0.467. The summed E-state index contributed by atoms with van der Waals surface area (Å²) in [7, 11) is 0. The van der Waals surface area contributed by atoms with Crippen LogP contribution in [-0.2, 0) is 16.0 Å². The van der Waals surface area contributed by atoms with E-state index in [0.717, 1.165) is 73.2 Å². The van der Waals surface area contributed by atoms with Crippen molar-refractivity contribution < 1.29 is 19.4 Å². The molecule has 2 aromatic carbocycles. The van der Waals surface area contributed by atoms with E-state index in [0.29, 0.717) is 13.2 Å². The van der Waals surface area contributed by atoms with Gasteiger partial charge in [0.2, 0.25) is 5.91 Å². The van der Waals surface area contributed by atoms with E-state index in [1.807, 2.05) is 48.2 Å². The molecule has 3 atom stereocenters. The largest absolute Gasteiger partial charge is 0.493 e. The number of rotatable bonds is 11. The summed E-state index contributed by atoms with van der Waals surface area (Å²) in [5.74, 6) is -0.659. The molecule has 1 fully saturated rings. The van der Waals surface area contributed by atoms with Crippen LogP contribution in [0.25, 0.3) is 0 Å². The van der Waals surface area contributed by atoms with E-state index < -0.39 is 11.9 Å². The maximum Gasteiger partial charge on any atom is 0.309 e. The maximum absolute atomic E-state index is 13.5. The molecular weight excluding hydrogens is 452 g/mol. The Bertz CT molecular complexity index is 1040. The highest BCUT2D eigenvalue weighted by Gasteiger charge is 2.48. The first-order valence-corrected chi connectivity index (χ1v) is 13.5. The number of benzene rings is 2. The molecule has 2 aliphatic heterocycles. The zero-order valence-electron chi connectivity index (χ0n) is 21.9. The fourth-order valence-corrected chi connectivity index (χ4v) is 5.66. The van der Waals surface area contributed by atoms with E-state index >= 15 is 0 Å². The van der Waals surface area contributed by atoms with Crippen LogP contribution < -0.4 is 4.74 Å². The Morgan fingerprint density at radius 1 is 1.03 bits per heavy atom. The van der Waals surface area contributed by atoms with Crippen LogP contribution in [0.2, 0.25) is 0 Å². The Labute approximate surface area is 215 Å². The molecule has 2 aliphatic rings. The van der Waals surface area contributed by atoms with Crippen molar-refractivity contribution in [3.8, 4) is 5.75 Å². The van der Waals surface area contributed by atoms with Gasteiger partial charge in [0.25, 0.3) is 0 Å². The number of carbonyl (C=O) groups is 2. The van der Waals surface area contributed by atoms with Crippen molar-refractivity contribution in [3.05, 3.63) is 64.7 Å². The normalized spacial score (nSPS) is 21.2. The molecule has 2 aromatic rings. The molecule has 0 aliphatic carbocycles. The third-order valence-corrected chi connectivity index (χ3v) is 7.70. The first-order valence-electron chi connectivity index (χ1n) is 13.5. The van der Waals surface area contributed by atoms with Crippen LogP contribution in [-0.4, -0.2) is 59.6 Å². The second kappa shape index (κ2) is 11.9. The highest BCUT2D eigenvalue weighted by atomic mass is 16.5. The lowest BCUT2D eigenvalue weighted by Gasteiger charge is -2.30. The van der Waals surface area contributed by atoms with Crippen LogP contribution in [0.5, 0.6) is 5.75 Å². The van der Waals surface area contributed by atoms with Gasteiger partial charge in [-0.3, -0.25) is 14.5 Å². The number of hydrogen-bond donors (Lipinski definition) is 1. The minimum absolute atomic E-state index is 0.0983. The zero-order chi connectivity index (χ0) is 25.7. The Kier molecular flexibility index (Phi) is 8.68. The molecule has 0 aromatic heterocycles. The molecular formula is C30H40N2O4. The average Bonchev–Trinajstić information content (AvgIpc) is 3.49. The van der Waals surface area contributed by atoms with Crippen LogP contribution in [0.4, 0.5) is 0 Å². The van der Waals surface area contributed by atoms with Crippen LogP contribution in [0.1, 0.15) is 73.7 Å². The predicted octanol–water partition coefficient (Wildman–Crippen LogP) is 5.20. The summed E-state index contributed by atoms with van der Waals surface area (Å²) in [6, 6.07) is 13.9. The van der Waals surface area contributed by atoms with Crippen molar-refractivity contribution in [2.75, 3.05) is 32.8 Å². The summed E-state index contributed by atoms with van der Waals surface area (Å²) in [4.78, 5) is 30.4. The number of carboxylic acid groups (broad SMARTS) is 1. The first kappa shape index (κ1) is 26.2. The highest BCUT2D eigenvalue weighted by Crippen LogP contribution is 2.46. The van der Waals surface area contributed by atoms with Crippen molar-refractivity contribution in [2.45, 2.75) is 64.8 Å². The molecule has 194 valence electrons. The number of nitrogens with zero attached hydrogens (tertiary/aromatic N) is 2. The molecule has 4 rings (SSSR count). The topological polar surface area (TPSA) is 70.1 Å². The molecule has 0 spiro atoms. The Morgan fingerprint density at radius 2 is 1.69 bits per heavy atom. The van der Waals surface area contributed by atoms with E-state index in [-0.39, 0.29) is 24.4 Å². The van der Waals surface area contributed by atoms with Gasteiger partial charge in [0.15, 0.2) is 0 Å². The molecule has 0 saturated carbocycles. The van der Waals surface area contributed by atoms with Crippen molar-refractivity contribution in [3.63, 3.8) is 0 Å². The van der Waals surface area contributed by atoms with Crippen molar-refractivity contribution in [2.24, 2.45) is 5.92 Å². The van der Waals surface area contributed by atoms with Crippen LogP contribution in [0.15, 0.2) is 42.5 Å². The number of carboxylic acids is 1. The average molecular weight is 493 g/mol. The third-order valence-electron chi connectivity index (χ3n) is 7.70. The molecule has 1 saturated heterocycles. The molecule has 0 bridgehead atoms. The highest BCUT2D eigenvalue weighted by molar-refractivity contribution is 5.79. The summed E-state index contributed by atoms with van der Waals surface area (Å²) in [6.45, 7) is 9.27.